The molecule has 0 bridgehead atoms. The molecule has 0 aliphatic carbocycles. The van der Waals surface area contributed by atoms with Crippen molar-refractivity contribution in [2.75, 3.05) is 18.5 Å². The van der Waals surface area contributed by atoms with Gasteiger partial charge in [-0.2, -0.15) is 4.58 Å². The fourth-order valence-corrected chi connectivity index (χ4v) is 9.20. The Morgan fingerprint density at radius 1 is 0.680 bits per heavy atom. The molecule has 2 unspecified atom stereocenters. The Morgan fingerprint density at radius 3 is 1.90 bits per heavy atom. The maximum absolute atomic E-state index is 4.33. The van der Waals surface area contributed by atoms with Gasteiger partial charge in [0, 0.05) is 41.1 Å². The van der Waals surface area contributed by atoms with Crippen molar-refractivity contribution < 1.29 is 4.58 Å². The number of nitrogens with zero attached hydrogens (tertiary/aromatic N) is 2. The molecule has 2 heterocycles. The van der Waals surface area contributed by atoms with Crippen molar-refractivity contribution in [3.63, 3.8) is 0 Å². The summed E-state index contributed by atoms with van der Waals surface area (Å²) in [5.74, 6) is 0. The largest absolute Gasteiger partial charge is 0.344 e. The minimum Gasteiger partial charge on any atom is -0.344 e. The summed E-state index contributed by atoms with van der Waals surface area (Å²) < 4.78 is 2.43. The molecule has 0 amide bonds. The minimum atomic E-state index is -0.265. The van der Waals surface area contributed by atoms with E-state index in [1.54, 1.807) is 0 Å². The van der Waals surface area contributed by atoms with Crippen LogP contribution in [0.4, 0.5) is 11.4 Å². The molecule has 0 fully saturated rings. The van der Waals surface area contributed by atoms with Crippen LogP contribution in [0.15, 0.2) is 170 Å². The molecule has 50 heavy (non-hydrogen) atoms. The molecule has 2 aliphatic heterocycles. The summed E-state index contributed by atoms with van der Waals surface area (Å²) in [5, 5.41) is 5.23. The fraction of sp³-hybridized carbons (Fsp3) is 0.188. The van der Waals surface area contributed by atoms with E-state index in [0.29, 0.717) is 0 Å². The number of anilines is 1. The maximum atomic E-state index is 4.33. The van der Waals surface area contributed by atoms with Crippen LogP contribution in [0.25, 0.3) is 21.5 Å². The van der Waals surface area contributed by atoms with Gasteiger partial charge in [0.2, 0.25) is 5.69 Å². The van der Waals surface area contributed by atoms with Gasteiger partial charge in [0.1, 0.15) is 7.05 Å². The number of allylic oxidation sites excluding steroid dienone is 5. The molecule has 0 saturated heterocycles. The lowest BCUT2D eigenvalue weighted by Gasteiger charge is -2.33. The van der Waals surface area contributed by atoms with Gasteiger partial charge in [-0.15, -0.1) is 6.58 Å². The van der Waals surface area contributed by atoms with E-state index in [1.165, 1.54) is 66.6 Å². The monoisotopic (exact) mass is 649 g/mol. The molecule has 2 heteroatoms. The van der Waals surface area contributed by atoms with Crippen LogP contribution < -0.4 is 4.90 Å². The fourth-order valence-electron chi connectivity index (χ4n) is 9.20. The van der Waals surface area contributed by atoms with Gasteiger partial charge >= 0.3 is 0 Å². The van der Waals surface area contributed by atoms with Gasteiger partial charge in [-0.3, -0.25) is 0 Å². The van der Waals surface area contributed by atoms with E-state index in [9.17, 15) is 0 Å². The normalized spacial score (nSPS) is 20.7. The molecule has 2 atom stereocenters. The lowest BCUT2D eigenvalue weighted by molar-refractivity contribution is -0.401. The van der Waals surface area contributed by atoms with Gasteiger partial charge in [0.15, 0.2) is 5.71 Å². The number of likely N-dealkylation sites (N-methyl/N-ethyl adjacent to an activating group) is 1. The number of hydrogen-bond acceptors (Lipinski definition) is 1. The zero-order chi connectivity index (χ0) is 34.3. The van der Waals surface area contributed by atoms with Crippen LogP contribution in [0.2, 0.25) is 0 Å². The molecule has 6 aromatic carbocycles. The molecule has 2 aliphatic rings. The molecule has 0 aromatic heterocycles. The van der Waals surface area contributed by atoms with E-state index in [0.717, 1.165) is 25.8 Å². The summed E-state index contributed by atoms with van der Waals surface area (Å²) in [5.41, 5.74) is 10.3. The van der Waals surface area contributed by atoms with E-state index in [2.05, 4.69) is 195 Å². The first-order valence-electron chi connectivity index (χ1n) is 18.0. The molecule has 0 radical (unpaired) electrons. The Balaban J connectivity index is 1.31. The molecule has 2 nitrogen and oxygen atoms in total. The molecule has 6 aromatic rings. The summed E-state index contributed by atoms with van der Waals surface area (Å²) in [7, 11) is 2.24. The summed E-state index contributed by atoms with van der Waals surface area (Å²) in [4.78, 5) is 2.55. The summed E-state index contributed by atoms with van der Waals surface area (Å²) in [6.07, 6.45) is 11.9. The van der Waals surface area contributed by atoms with Gasteiger partial charge in [0.25, 0.3) is 0 Å². The van der Waals surface area contributed by atoms with E-state index in [-0.39, 0.29) is 10.8 Å². The van der Waals surface area contributed by atoms with Crippen molar-refractivity contribution in [2.45, 2.75) is 43.9 Å². The Kier molecular flexibility index (Phi) is 8.11. The van der Waals surface area contributed by atoms with Crippen molar-refractivity contribution in [3.05, 3.63) is 192 Å². The predicted molar refractivity (Wildman–Crippen MR) is 213 cm³/mol. The number of benzene rings is 6. The zero-order valence-electron chi connectivity index (χ0n) is 29.4. The minimum absolute atomic E-state index is 0.219. The van der Waals surface area contributed by atoms with Crippen LogP contribution in [0.3, 0.4) is 0 Å². The van der Waals surface area contributed by atoms with Gasteiger partial charge in [-0.25, -0.2) is 0 Å². The Labute approximate surface area is 297 Å². The summed E-state index contributed by atoms with van der Waals surface area (Å²) in [6, 6.07) is 48.9. The second-order valence-corrected chi connectivity index (χ2v) is 14.2. The van der Waals surface area contributed by atoms with Gasteiger partial charge in [0.05, 0.1) is 5.41 Å². The van der Waals surface area contributed by atoms with Crippen molar-refractivity contribution in [3.8, 4) is 0 Å². The smallest absolute Gasteiger partial charge is 0.210 e. The van der Waals surface area contributed by atoms with Crippen LogP contribution in [-0.4, -0.2) is 23.9 Å². The molecular formula is C48H45N2+. The lowest BCUT2D eigenvalue weighted by atomic mass is 9.70. The van der Waals surface area contributed by atoms with Crippen molar-refractivity contribution >= 4 is 38.6 Å². The SMILES string of the molecule is C=CCC1(Cc2ccccc2)/C(=C\C=C\C2=[N+](C)c3ccc4ccccc4c3C2(C)Cc2ccccc2)N(CC)c2ccc3ccccc3c21. The molecular weight excluding hydrogens is 605 g/mol. The Bertz CT molecular complexity index is 2330. The number of rotatable bonds is 9. The van der Waals surface area contributed by atoms with Crippen molar-refractivity contribution in [1.29, 1.82) is 0 Å². The molecule has 0 saturated carbocycles. The molecule has 246 valence electrons. The highest BCUT2D eigenvalue weighted by atomic mass is 15.2. The van der Waals surface area contributed by atoms with Gasteiger partial charge in [-0.1, -0.05) is 127 Å². The zero-order valence-corrected chi connectivity index (χ0v) is 29.4. The number of fused-ring (bicyclic) bond motifs is 6. The first-order valence-corrected chi connectivity index (χ1v) is 18.0. The van der Waals surface area contributed by atoms with Crippen LogP contribution in [-0.2, 0) is 23.7 Å². The lowest BCUT2D eigenvalue weighted by Crippen LogP contribution is -2.34. The highest BCUT2D eigenvalue weighted by Gasteiger charge is 2.49. The van der Waals surface area contributed by atoms with Crippen LogP contribution in [0, 0.1) is 0 Å². The van der Waals surface area contributed by atoms with E-state index in [1.807, 2.05) is 0 Å². The number of hydrogen-bond donors (Lipinski definition) is 0. The predicted octanol–water partition coefficient (Wildman–Crippen LogP) is 11.3. The molecule has 8 rings (SSSR count). The summed E-state index contributed by atoms with van der Waals surface area (Å²) in [6.45, 7) is 9.94. The van der Waals surface area contributed by atoms with Crippen LogP contribution in [0.5, 0.6) is 0 Å². The second-order valence-electron chi connectivity index (χ2n) is 14.2. The average Bonchev–Trinajstić information content (AvgIpc) is 3.53. The molecule has 0 spiro atoms. The third-order valence-corrected chi connectivity index (χ3v) is 11.3. The average molecular weight is 650 g/mol. The first kappa shape index (κ1) is 31.8. The quantitative estimate of drug-likeness (QED) is 0.112. The molecule has 0 N–H and O–H groups in total. The van der Waals surface area contributed by atoms with Crippen LogP contribution >= 0.6 is 0 Å². The maximum Gasteiger partial charge on any atom is 0.210 e. The van der Waals surface area contributed by atoms with E-state index in [4.69, 9.17) is 0 Å². The van der Waals surface area contributed by atoms with Gasteiger partial charge < -0.3 is 4.90 Å². The third-order valence-electron chi connectivity index (χ3n) is 11.3. The first-order chi connectivity index (χ1) is 24.5. The van der Waals surface area contributed by atoms with E-state index < -0.39 is 0 Å². The topological polar surface area (TPSA) is 6.25 Å². The Hall–Kier alpha value is -5.47. The summed E-state index contributed by atoms with van der Waals surface area (Å²) >= 11 is 0. The highest BCUT2D eigenvalue weighted by molar-refractivity contribution is 6.08. The van der Waals surface area contributed by atoms with E-state index >= 15 is 0 Å². The standard InChI is InChI=1S/C48H45N2/c1-5-32-48(34-36-20-11-8-12-21-36)44(50(6-2)42-31-29-38-23-14-16-25-40(38)46(42)48)27-17-26-43-47(3,33-35-18-9-7-10-19-35)45-39-24-15-13-22-37(39)28-30-41(45)49(43)4/h5,7-31H,1,6,32-34H2,2-4H3/q+1. The Morgan fingerprint density at radius 2 is 1.26 bits per heavy atom. The third kappa shape index (κ3) is 5.05. The van der Waals surface area contributed by atoms with Gasteiger partial charge in [-0.05, 0) is 89.6 Å². The van der Waals surface area contributed by atoms with Crippen LogP contribution in [0.1, 0.15) is 42.5 Å². The van der Waals surface area contributed by atoms with Crippen molar-refractivity contribution in [1.82, 2.24) is 0 Å². The second kappa shape index (κ2) is 12.8. The van der Waals surface area contributed by atoms with Crippen molar-refractivity contribution in [2.24, 2.45) is 0 Å². The highest BCUT2D eigenvalue weighted by Crippen LogP contribution is 2.55.